The number of carbonyl (C=O) groups is 1. The Morgan fingerprint density at radius 3 is 2.29 bits per heavy atom. The number of rotatable bonds is 10. The van der Waals surface area contributed by atoms with Crippen molar-refractivity contribution in [2.24, 2.45) is 0 Å². The van der Waals surface area contributed by atoms with Gasteiger partial charge in [-0.15, -0.1) is 0 Å². The van der Waals surface area contributed by atoms with Crippen LogP contribution in [0.25, 0.3) is 0 Å². The first-order valence-corrected chi connectivity index (χ1v) is 11.6. The Bertz CT molecular complexity index is 1120. The van der Waals surface area contributed by atoms with Crippen LogP contribution in [0.1, 0.15) is 35.6 Å². The molecule has 3 aromatic rings. The van der Waals surface area contributed by atoms with E-state index in [1.807, 2.05) is 71.6 Å². The summed E-state index contributed by atoms with van der Waals surface area (Å²) in [4.78, 5) is 14.1. The van der Waals surface area contributed by atoms with Crippen molar-refractivity contribution in [2.45, 2.75) is 31.5 Å². The highest BCUT2D eigenvalue weighted by molar-refractivity contribution is 5.74. The Hall–Kier alpha value is -3.71. The first-order chi connectivity index (χ1) is 17.0. The molecule has 35 heavy (non-hydrogen) atoms. The van der Waals surface area contributed by atoms with Crippen LogP contribution in [-0.4, -0.2) is 49.9 Å². The van der Waals surface area contributed by atoms with Crippen LogP contribution in [0.5, 0.6) is 23.0 Å². The maximum absolute atomic E-state index is 12.1. The third-order valence-corrected chi connectivity index (χ3v) is 6.34. The third-order valence-electron chi connectivity index (χ3n) is 6.34. The highest BCUT2D eigenvalue weighted by Crippen LogP contribution is 2.44. The first-order valence-electron chi connectivity index (χ1n) is 11.6. The fourth-order valence-corrected chi connectivity index (χ4v) is 4.71. The smallest absolute Gasteiger partial charge is 0.320 e. The molecule has 1 heterocycles. The minimum absolute atomic E-state index is 0.340. The van der Waals surface area contributed by atoms with E-state index in [1.165, 1.54) is 0 Å². The Morgan fingerprint density at radius 1 is 0.943 bits per heavy atom. The lowest BCUT2D eigenvalue weighted by Crippen LogP contribution is -2.39. The van der Waals surface area contributed by atoms with Gasteiger partial charge in [0.2, 0.25) is 5.75 Å². The van der Waals surface area contributed by atoms with Crippen LogP contribution < -0.4 is 18.9 Å². The van der Waals surface area contributed by atoms with Gasteiger partial charge in [0.05, 0.1) is 27.4 Å². The van der Waals surface area contributed by atoms with Crippen LogP contribution in [0.2, 0.25) is 0 Å². The minimum Gasteiger partial charge on any atom is -0.493 e. The zero-order valence-electron chi connectivity index (χ0n) is 20.3. The number of likely N-dealkylation sites (tertiary alicyclic amines) is 1. The zero-order valence-corrected chi connectivity index (χ0v) is 20.3. The van der Waals surface area contributed by atoms with E-state index in [-0.39, 0.29) is 6.04 Å². The molecule has 3 aromatic carbocycles. The van der Waals surface area contributed by atoms with Crippen LogP contribution in [0, 0.1) is 0 Å². The van der Waals surface area contributed by atoms with Gasteiger partial charge in [-0.3, -0.25) is 9.69 Å². The van der Waals surface area contributed by atoms with Gasteiger partial charge in [-0.25, -0.2) is 0 Å². The second kappa shape index (κ2) is 11.1. The van der Waals surface area contributed by atoms with E-state index in [4.69, 9.17) is 18.9 Å². The molecule has 0 bridgehead atoms. The molecule has 1 aliphatic heterocycles. The number of ether oxygens (including phenoxy) is 4. The molecule has 0 saturated carbocycles. The van der Waals surface area contributed by atoms with Crippen molar-refractivity contribution in [1.82, 2.24) is 4.90 Å². The number of benzene rings is 3. The number of aliphatic carboxylic acids is 1. The van der Waals surface area contributed by atoms with Gasteiger partial charge in [-0.05, 0) is 53.8 Å². The molecule has 0 amide bonds. The van der Waals surface area contributed by atoms with Gasteiger partial charge in [0, 0.05) is 6.54 Å². The Balaban J connectivity index is 1.76. The average Bonchev–Trinajstić information content (AvgIpc) is 3.37. The maximum atomic E-state index is 12.1. The van der Waals surface area contributed by atoms with E-state index in [2.05, 4.69) is 0 Å². The quantitative estimate of drug-likeness (QED) is 0.444. The van der Waals surface area contributed by atoms with Crippen LogP contribution >= 0.6 is 0 Å². The standard InChI is InChI=1S/C28H31NO6/c1-32-24-16-21(17-25(33-2)27(24)34-3)26(29-14-8-13-23(29)28(30)31)20-11-7-12-22(15-20)35-18-19-9-5-4-6-10-19/h4-7,9-12,15-17,23,26H,8,13-14,18H2,1-3H3,(H,30,31). The summed E-state index contributed by atoms with van der Waals surface area (Å²) >= 11 is 0. The van der Waals surface area contributed by atoms with Gasteiger partial charge in [0.25, 0.3) is 0 Å². The molecule has 1 fully saturated rings. The first kappa shape index (κ1) is 24.4. The summed E-state index contributed by atoms with van der Waals surface area (Å²) in [5, 5.41) is 9.94. The number of hydrogen-bond acceptors (Lipinski definition) is 6. The van der Waals surface area contributed by atoms with E-state index in [9.17, 15) is 9.90 Å². The molecular weight excluding hydrogens is 446 g/mol. The molecule has 0 radical (unpaired) electrons. The fourth-order valence-electron chi connectivity index (χ4n) is 4.71. The molecular formula is C28H31NO6. The van der Waals surface area contributed by atoms with Crippen molar-refractivity contribution in [3.63, 3.8) is 0 Å². The van der Waals surface area contributed by atoms with Gasteiger partial charge in [-0.1, -0.05) is 42.5 Å². The van der Waals surface area contributed by atoms with Gasteiger partial charge in [0.15, 0.2) is 11.5 Å². The summed E-state index contributed by atoms with van der Waals surface area (Å²) in [7, 11) is 4.71. The van der Waals surface area contributed by atoms with Gasteiger partial charge in [-0.2, -0.15) is 0 Å². The van der Waals surface area contributed by atoms with E-state index in [0.29, 0.717) is 36.8 Å². The van der Waals surface area contributed by atoms with Crippen LogP contribution in [-0.2, 0) is 11.4 Å². The summed E-state index contributed by atoms with van der Waals surface area (Å²) in [5.74, 6) is 1.43. The third kappa shape index (κ3) is 5.35. The van der Waals surface area contributed by atoms with Crippen LogP contribution in [0.15, 0.2) is 66.7 Å². The lowest BCUT2D eigenvalue weighted by Gasteiger charge is -2.32. The van der Waals surface area contributed by atoms with Crippen LogP contribution in [0.4, 0.5) is 0 Å². The molecule has 1 aliphatic rings. The van der Waals surface area contributed by atoms with Crippen molar-refractivity contribution in [1.29, 1.82) is 0 Å². The second-order valence-corrected chi connectivity index (χ2v) is 8.44. The van der Waals surface area contributed by atoms with E-state index >= 15 is 0 Å². The number of carboxylic acid groups (broad SMARTS) is 1. The van der Waals surface area contributed by atoms with Crippen molar-refractivity contribution in [2.75, 3.05) is 27.9 Å². The van der Waals surface area contributed by atoms with E-state index in [1.54, 1.807) is 21.3 Å². The van der Waals surface area contributed by atoms with E-state index in [0.717, 1.165) is 28.9 Å². The Kier molecular flexibility index (Phi) is 7.77. The topological polar surface area (TPSA) is 77.5 Å². The van der Waals surface area contributed by atoms with Crippen molar-refractivity contribution < 1.29 is 28.8 Å². The predicted molar refractivity (Wildman–Crippen MR) is 133 cm³/mol. The second-order valence-electron chi connectivity index (χ2n) is 8.44. The molecule has 0 aromatic heterocycles. The van der Waals surface area contributed by atoms with Crippen LogP contribution in [0.3, 0.4) is 0 Å². The number of hydrogen-bond donors (Lipinski definition) is 1. The minimum atomic E-state index is -0.823. The lowest BCUT2D eigenvalue weighted by atomic mass is 9.95. The zero-order chi connectivity index (χ0) is 24.8. The van der Waals surface area contributed by atoms with Crippen molar-refractivity contribution in [3.05, 3.63) is 83.4 Å². The largest absolute Gasteiger partial charge is 0.493 e. The van der Waals surface area contributed by atoms with Gasteiger partial charge in [0.1, 0.15) is 18.4 Å². The SMILES string of the molecule is COc1cc(C(c2cccc(OCc3ccccc3)c2)N2CCCC2C(=O)O)cc(OC)c1OC. The molecule has 184 valence electrons. The molecule has 2 atom stereocenters. The molecule has 0 spiro atoms. The fraction of sp³-hybridized carbons (Fsp3) is 0.321. The summed E-state index contributed by atoms with van der Waals surface area (Å²) in [5.41, 5.74) is 2.86. The summed E-state index contributed by atoms with van der Waals surface area (Å²) in [6, 6.07) is 20.7. The summed E-state index contributed by atoms with van der Waals surface area (Å²) in [6.45, 7) is 1.11. The summed E-state index contributed by atoms with van der Waals surface area (Å²) < 4.78 is 22.8. The monoisotopic (exact) mass is 477 g/mol. The number of carboxylic acids is 1. The number of methoxy groups -OCH3 is 3. The Labute approximate surface area is 205 Å². The molecule has 1 saturated heterocycles. The molecule has 0 aliphatic carbocycles. The normalized spacial score (nSPS) is 16.5. The van der Waals surface area contributed by atoms with E-state index < -0.39 is 12.0 Å². The highest BCUT2D eigenvalue weighted by Gasteiger charge is 2.37. The molecule has 1 N–H and O–H groups in total. The highest BCUT2D eigenvalue weighted by atomic mass is 16.5. The average molecular weight is 478 g/mol. The summed E-state index contributed by atoms with van der Waals surface area (Å²) in [6.07, 6.45) is 1.41. The van der Waals surface area contributed by atoms with Crippen molar-refractivity contribution >= 4 is 5.97 Å². The molecule has 2 unspecified atom stereocenters. The van der Waals surface area contributed by atoms with Gasteiger partial charge >= 0.3 is 5.97 Å². The van der Waals surface area contributed by atoms with Crippen molar-refractivity contribution in [3.8, 4) is 23.0 Å². The lowest BCUT2D eigenvalue weighted by molar-refractivity contribution is -0.142. The predicted octanol–water partition coefficient (Wildman–Crippen LogP) is 4.93. The molecule has 7 nitrogen and oxygen atoms in total. The Morgan fingerprint density at radius 2 is 1.66 bits per heavy atom. The van der Waals surface area contributed by atoms with Gasteiger partial charge < -0.3 is 24.1 Å². The molecule has 7 heteroatoms. The molecule has 4 rings (SSSR count). The number of nitrogens with zero attached hydrogens (tertiary/aromatic N) is 1. The maximum Gasteiger partial charge on any atom is 0.320 e.